The summed E-state index contributed by atoms with van der Waals surface area (Å²) in [5.74, 6) is 0.901. The minimum absolute atomic E-state index is 0.401. The third-order valence-corrected chi connectivity index (χ3v) is 3.16. The third-order valence-electron chi connectivity index (χ3n) is 3.16. The zero-order chi connectivity index (χ0) is 15.9. The molecule has 0 heterocycles. The van der Waals surface area contributed by atoms with Crippen LogP contribution in [-0.2, 0) is 0 Å². The topological polar surface area (TPSA) is 61.6 Å². The van der Waals surface area contributed by atoms with Crippen LogP contribution in [0.5, 0.6) is 11.5 Å². The van der Waals surface area contributed by atoms with Gasteiger partial charge in [-0.2, -0.15) is 0 Å². The highest BCUT2D eigenvalue weighted by molar-refractivity contribution is 5.95. The van der Waals surface area contributed by atoms with Gasteiger partial charge in [0.2, 0.25) is 0 Å². The van der Waals surface area contributed by atoms with Crippen molar-refractivity contribution in [1.82, 2.24) is 0 Å². The summed E-state index contributed by atoms with van der Waals surface area (Å²) in [6.45, 7) is 5.12. The highest BCUT2D eigenvalue weighted by atomic mass is 16.5. The van der Waals surface area contributed by atoms with E-state index in [4.69, 9.17) is 15.2 Å². The largest absolute Gasteiger partial charge is 0.493 e. The number of nitrogens with two attached hydrogens (primary N) is 1. The lowest BCUT2D eigenvalue weighted by Gasteiger charge is -2.11. The molecule has 2 aromatic rings. The minimum Gasteiger partial charge on any atom is -0.493 e. The molecule has 0 atom stereocenters. The van der Waals surface area contributed by atoms with E-state index in [-0.39, 0.29) is 0 Å². The van der Waals surface area contributed by atoms with E-state index in [0.29, 0.717) is 24.5 Å². The molecule has 22 heavy (non-hydrogen) atoms. The fourth-order valence-electron chi connectivity index (χ4n) is 2.24. The van der Waals surface area contributed by atoms with Crippen LogP contribution >= 0.6 is 0 Å². The van der Waals surface area contributed by atoms with Gasteiger partial charge in [-0.3, -0.25) is 4.79 Å². The predicted octanol–water partition coefficient (Wildman–Crippen LogP) is 3.25. The number of hydrogen-bond acceptors (Lipinski definition) is 3. The van der Waals surface area contributed by atoms with Gasteiger partial charge in [-0.25, -0.2) is 0 Å². The van der Waals surface area contributed by atoms with Crippen LogP contribution in [0, 0.1) is 13.8 Å². The molecule has 0 spiro atoms. The van der Waals surface area contributed by atoms with Crippen molar-refractivity contribution < 1.29 is 14.3 Å². The first-order valence-corrected chi connectivity index (χ1v) is 7.29. The molecule has 2 rings (SSSR count). The Morgan fingerprint density at radius 3 is 2.32 bits per heavy atom. The number of carbonyl (C=O) groups excluding carboxylic acids is 1. The quantitative estimate of drug-likeness (QED) is 0.798. The molecule has 0 saturated carbocycles. The number of para-hydroxylation sites is 1. The van der Waals surface area contributed by atoms with Gasteiger partial charge < -0.3 is 15.2 Å². The second-order valence-corrected chi connectivity index (χ2v) is 5.23. The van der Waals surface area contributed by atoms with Crippen molar-refractivity contribution in [2.75, 3.05) is 13.2 Å². The fraction of sp³-hybridized carbons (Fsp3) is 0.278. The number of benzene rings is 2. The van der Waals surface area contributed by atoms with Gasteiger partial charge in [0.1, 0.15) is 11.5 Å². The highest BCUT2D eigenvalue weighted by Gasteiger charge is 2.07. The van der Waals surface area contributed by atoms with E-state index in [9.17, 15) is 4.79 Å². The molecular formula is C18H21NO3. The number of ether oxygens (including phenoxy) is 2. The molecule has 0 bridgehead atoms. The summed E-state index contributed by atoms with van der Waals surface area (Å²) in [5.41, 5.74) is 8.07. The monoisotopic (exact) mass is 299 g/mol. The second-order valence-electron chi connectivity index (χ2n) is 5.23. The molecular weight excluding hydrogens is 278 g/mol. The predicted molar refractivity (Wildman–Crippen MR) is 86.5 cm³/mol. The first-order chi connectivity index (χ1) is 10.6. The molecule has 0 radical (unpaired) electrons. The number of hydrogen-bond donors (Lipinski definition) is 1. The van der Waals surface area contributed by atoms with Crippen molar-refractivity contribution in [3.8, 4) is 11.5 Å². The van der Waals surface area contributed by atoms with Crippen molar-refractivity contribution in [2.24, 2.45) is 5.73 Å². The summed E-state index contributed by atoms with van der Waals surface area (Å²) in [4.78, 5) is 11.3. The Bertz CT molecular complexity index is 632. The summed E-state index contributed by atoms with van der Waals surface area (Å²) in [7, 11) is 0. The van der Waals surface area contributed by atoms with Gasteiger partial charge in [-0.05, 0) is 49.2 Å². The van der Waals surface area contributed by atoms with Gasteiger partial charge in [0.25, 0.3) is 5.91 Å². The van der Waals surface area contributed by atoms with Gasteiger partial charge in [0.05, 0.1) is 18.8 Å². The summed E-state index contributed by atoms with van der Waals surface area (Å²) in [6.07, 6.45) is 0.722. The van der Waals surface area contributed by atoms with Crippen molar-refractivity contribution >= 4 is 5.91 Å². The Labute approximate surface area is 130 Å². The van der Waals surface area contributed by atoms with Crippen molar-refractivity contribution in [2.45, 2.75) is 20.3 Å². The summed E-state index contributed by atoms with van der Waals surface area (Å²) >= 11 is 0. The Morgan fingerprint density at radius 2 is 1.64 bits per heavy atom. The maximum atomic E-state index is 11.3. The molecule has 0 aliphatic rings. The molecule has 4 heteroatoms. The molecule has 2 aromatic carbocycles. The number of carbonyl (C=O) groups is 1. The number of rotatable bonds is 7. The van der Waals surface area contributed by atoms with E-state index in [1.165, 1.54) is 11.1 Å². The van der Waals surface area contributed by atoms with Crippen LogP contribution in [0.3, 0.4) is 0 Å². The molecule has 0 aromatic heterocycles. The normalized spacial score (nSPS) is 10.3. The molecule has 4 nitrogen and oxygen atoms in total. The molecule has 0 unspecified atom stereocenters. The molecule has 0 aliphatic carbocycles. The van der Waals surface area contributed by atoms with Crippen LogP contribution in [0.2, 0.25) is 0 Å². The summed E-state index contributed by atoms with van der Waals surface area (Å²) in [6, 6.07) is 13.1. The Hall–Kier alpha value is -2.49. The molecule has 0 saturated heterocycles. The second kappa shape index (κ2) is 7.50. The van der Waals surface area contributed by atoms with Crippen LogP contribution in [0.25, 0.3) is 0 Å². The molecule has 116 valence electrons. The van der Waals surface area contributed by atoms with Crippen LogP contribution in [0.1, 0.15) is 27.9 Å². The first kappa shape index (κ1) is 15.9. The number of primary amides is 1. The molecule has 0 aliphatic heterocycles. The standard InChI is InChI=1S/C18H21NO3/c1-13-10-14(2)12-15(11-13)21-8-5-9-22-17-7-4-3-6-16(17)18(19)20/h3-4,6-7,10-12H,5,8-9H2,1-2H3,(H2,19,20). The lowest BCUT2D eigenvalue weighted by Crippen LogP contribution is -2.13. The maximum absolute atomic E-state index is 11.3. The molecule has 2 N–H and O–H groups in total. The average molecular weight is 299 g/mol. The van der Waals surface area contributed by atoms with Gasteiger partial charge in [-0.15, -0.1) is 0 Å². The van der Waals surface area contributed by atoms with Crippen LogP contribution < -0.4 is 15.2 Å². The van der Waals surface area contributed by atoms with Crippen molar-refractivity contribution in [3.05, 3.63) is 59.2 Å². The maximum Gasteiger partial charge on any atom is 0.252 e. The van der Waals surface area contributed by atoms with E-state index < -0.39 is 5.91 Å². The SMILES string of the molecule is Cc1cc(C)cc(OCCCOc2ccccc2C(N)=O)c1. The lowest BCUT2D eigenvalue weighted by atomic mass is 10.1. The zero-order valence-corrected chi connectivity index (χ0v) is 13.0. The van der Waals surface area contributed by atoms with E-state index in [2.05, 4.69) is 6.07 Å². The van der Waals surface area contributed by atoms with Crippen LogP contribution in [0.4, 0.5) is 0 Å². The highest BCUT2D eigenvalue weighted by Crippen LogP contribution is 2.18. The zero-order valence-electron chi connectivity index (χ0n) is 13.0. The Balaban J connectivity index is 1.79. The van der Waals surface area contributed by atoms with Gasteiger partial charge in [-0.1, -0.05) is 18.2 Å². The van der Waals surface area contributed by atoms with Gasteiger partial charge >= 0.3 is 0 Å². The number of amides is 1. The van der Waals surface area contributed by atoms with Gasteiger partial charge in [0.15, 0.2) is 0 Å². The summed E-state index contributed by atoms with van der Waals surface area (Å²) < 4.78 is 11.3. The molecule has 1 amide bonds. The fourth-order valence-corrected chi connectivity index (χ4v) is 2.24. The van der Waals surface area contributed by atoms with Gasteiger partial charge in [0, 0.05) is 6.42 Å². The van der Waals surface area contributed by atoms with Crippen molar-refractivity contribution in [3.63, 3.8) is 0 Å². The van der Waals surface area contributed by atoms with E-state index in [1.807, 2.05) is 32.0 Å². The Kier molecular flexibility index (Phi) is 5.42. The molecule has 0 fully saturated rings. The first-order valence-electron chi connectivity index (χ1n) is 7.29. The summed E-state index contributed by atoms with van der Waals surface area (Å²) in [5, 5.41) is 0. The van der Waals surface area contributed by atoms with Crippen LogP contribution in [-0.4, -0.2) is 19.1 Å². The van der Waals surface area contributed by atoms with E-state index >= 15 is 0 Å². The number of aryl methyl sites for hydroxylation is 2. The third kappa shape index (κ3) is 4.52. The smallest absolute Gasteiger partial charge is 0.252 e. The van der Waals surface area contributed by atoms with E-state index in [1.54, 1.807) is 18.2 Å². The minimum atomic E-state index is -0.484. The van der Waals surface area contributed by atoms with E-state index in [0.717, 1.165) is 12.2 Å². The van der Waals surface area contributed by atoms with Crippen molar-refractivity contribution in [1.29, 1.82) is 0 Å². The Morgan fingerprint density at radius 1 is 1.00 bits per heavy atom. The average Bonchev–Trinajstić information content (AvgIpc) is 2.46. The van der Waals surface area contributed by atoms with Crippen LogP contribution in [0.15, 0.2) is 42.5 Å². The lowest BCUT2D eigenvalue weighted by molar-refractivity contribution is 0.0996.